The van der Waals surface area contributed by atoms with Crippen molar-refractivity contribution in [1.82, 2.24) is 0 Å². The Hall–Kier alpha value is -1.59. The highest BCUT2D eigenvalue weighted by Gasteiger charge is 2.19. The lowest BCUT2D eigenvalue weighted by Crippen LogP contribution is -2.04. The first-order valence-electron chi connectivity index (χ1n) is 5.73. The molecule has 3 rings (SSSR count). The molecule has 0 unspecified atom stereocenters. The molecule has 1 heterocycles. The van der Waals surface area contributed by atoms with Gasteiger partial charge in [0.05, 0.1) is 10.0 Å². The fourth-order valence-corrected chi connectivity index (χ4v) is 3.25. The molecule has 0 aliphatic carbocycles. The zero-order valence-corrected chi connectivity index (χ0v) is 12.4. The molecule has 0 spiro atoms. The molecule has 0 bridgehead atoms. The van der Waals surface area contributed by atoms with Crippen molar-refractivity contribution in [3.8, 4) is 0 Å². The van der Waals surface area contributed by atoms with Crippen molar-refractivity contribution in [3.05, 3.63) is 69.0 Å². The van der Waals surface area contributed by atoms with Crippen molar-refractivity contribution < 1.29 is 13.6 Å². The van der Waals surface area contributed by atoms with Crippen LogP contribution in [0.3, 0.4) is 0 Å². The maximum atomic E-state index is 13.9. The van der Waals surface area contributed by atoms with E-state index in [1.807, 2.05) is 18.2 Å². The summed E-state index contributed by atoms with van der Waals surface area (Å²) in [4.78, 5) is 12.4. The Kier molecular flexibility index (Phi) is 3.40. The van der Waals surface area contributed by atoms with Gasteiger partial charge in [0.1, 0.15) is 11.6 Å². The molecule has 0 aliphatic rings. The van der Waals surface area contributed by atoms with Gasteiger partial charge in [0.2, 0.25) is 0 Å². The summed E-state index contributed by atoms with van der Waals surface area (Å²) in [6, 6.07) is 9.25. The van der Waals surface area contributed by atoms with E-state index in [-0.39, 0.29) is 10.0 Å². The summed E-state index contributed by atoms with van der Waals surface area (Å²) in [5.74, 6) is -1.90. The predicted molar refractivity (Wildman–Crippen MR) is 79.3 cm³/mol. The van der Waals surface area contributed by atoms with Gasteiger partial charge in [-0.25, -0.2) is 8.78 Å². The van der Waals surface area contributed by atoms with Crippen LogP contribution < -0.4 is 0 Å². The molecule has 1 nitrogen and oxygen atoms in total. The first-order valence-corrected chi connectivity index (χ1v) is 7.40. The summed E-state index contributed by atoms with van der Waals surface area (Å²) in [6.07, 6.45) is 0. The van der Waals surface area contributed by atoms with E-state index in [9.17, 15) is 13.6 Å². The molecule has 0 aliphatic heterocycles. The Morgan fingerprint density at radius 1 is 1.05 bits per heavy atom. The number of carbonyl (C=O) groups excluding carboxylic acids is 1. The minimum Gasteiger partial charge on any atom is -0.288 e. The van der Waals surface area contributed by atoms with E-state index in [0.717, 1.165) is 22.2 Å². The van der Waals surface area contributed by atoms with Gasteiger partial charge < -0.3 is 0 Å². The van der Waals surface area contributed by atoms with Crippen molar-refractivity contribution in [2.75, 3.05) is 0 Å². The van der Waals surface area contributed by atoms with Crippen molar-refractivity contribution in [1.29, 1.82) is 0 Å². The van der Waals surface area contributed by atoms with Crippen LogP contribution in [0.15, 0.2) is 46.3 Å². The van der Waals surface area contributed by atoms with Crippen LogP contribution >= 0.6 is 27.3 Å². The van der Waals surface area contributed by atoms with Crippen LogP contribution in [0, 0.1) is 11.6 Å². The van der Waals surface area contributed by atoms with Gasteiger partial charge in [0.25, 0.3) is 0 Å². The number of carbonyl (C=O) groups is 1. The SMILES string of the molecule is O=C(c1cc(F)c(Br)cc1F)c1csc2ccccc12. The van der Waals surface area contributed by atoms with E-state index in [0.29, 0.717) is 5.56 Å². The first-order chi connectivity index (χ1) is 9.58. The third-order valence-electron chi connectivity index (χ3n) is 2.98. The van der Waals surface area contributed by atoms with Crippen molar-refractivity contribution in [2.45, 2.75) is 0 Å². The minimum atomic E-state index is -0.737. The standard InChI is InChI=1S/C15H7BrF2OS/c16-11-6-12(17)9(5-13(11)18)15(19)10-7-20-14-4-2-1-3-8(10)14/h1-7H. The molecule has 0 radical (unpaired) electrons. The van der Waals surface area contributed by atoms with Crippen LogP contribution in [-0.4, -0.2) is 5.78 Å². The summed E-state index contributed by atoms with van der Waals surface area (Å²) < 4.78 is 28.3. The van der Waals surface area contributed by atoms with Gasteiger partial charge in [-0.05, 0) is 34.1 Å². The molecular formula is C15H7BrF2OS. The highest BCUT2D eigenvalue weighted by atomic mass is 79.9. The monoisotopic (exact) mass is 352 g/mol. The van der Waals surface area contributed by atoms with Gasteiger partial charge in [-0.15, -0.1) is 11.3 Å². The molecule has 5 heteroatoms. The molecule has 0 amide bonds. The summed E-state index contributed by atoms with van der Waals surface area (Å²) in [6.45, 7) is 0. The molecule has 1 aromatic heterocycles. The van der Waals surface area contributed by atoms with Gasteiger partial charge >= 0.3 is 0 Å². The van der Waals surface area contributed by atoms with E-state index in [2.05, 4.69) is 15.9 Å². The van der Waals surface area contributed by atoms with Crippen LogP contribution in [0.5, 0.6) is 0 Å². The van der Waals surface area contributed by atoms with Gasteiger partial charge in [0, 0.05) is 21.0 Å². The lowest BCUT2D eigenvalue weighted by Gasteiger charge is -2.03. The van der Waals surface area contributed by atoms with E-state index in [1.165, 1.54) is 11.3 Å². The molecule has 0 atom stereocenters. The molecular weight excluding hydrogens is 346 g/mol. The number of hydrogen-bond donors (Lipinski definition) is 0. The summed E-state index contributed by atoms with van der Waals surface area (Å²) in [5, 5.41) is 2.43. The van der Waals surface area contributed by atoms with E-state index < -0.39 is 17.4 Å². The smallest absolute Gasteiger partial charge is 0.197 e. The lowest BCUT2D eigenvalue weighted by atomic mass is 10.0. The van der Waals surface area contributed by atoms with Crippen molar-refractivity contribution >= 4 is 43.1 Å². The maximum absolute atomic E-state index is 13.9. The number of ketones is 1. The second kappa shape index (κ2) is 5.07. The summed E-state index contributed by atoms with van der Waals surface area (Å²) >= 11 is 4.30. The normalized spacial score (nSPS) is 10.9. The fourth-order valence-electron chi connectivity index (χ4n) is 2.00. The maximum Gasteiger partial charge on any atom is 0.197 e. The van der Waals surface area contributed by atoms with Crippen LogP contribution in [0.4, 0.5) is 8.78 Å². The minimum absolute atomic E-state index is 0.00160. The average Bonchev–Trinajstić information content (AvgIpc) is 2.86. The lowest BCUT2D eigenvalue weighted by molar-refractivity contribution is 0.103. The number of hydrogen-bond acceptors (Lipinski definition) is 2. The Labute approximate surface area is 126 Å². The van der Waals surface area contributed by atoms with Gasteiger partial charge in [0.15, 0.2) is 5.78 Å². The highest BCUT2D eigenvalue weighted by Crippen LogP contribution is 2.29. The van der Waals surface area contributed by atoms with Gasteiger partial charge in [-0.2, -0.15) is 0 Å². The number of rotatable bonds is 2. The number of thiophene rings is 1. The fraction of sp³-hybridized carbons (Fsp3) is 0. The topological polar surface area (TPSA) is 17.1 Å². The molecule has 0 saturated carbocycles. The number of fused-ring (bicyclic) bond motifs is 1. The van der Waals surface area contributed by atoms with Crippen molar-refractivity contribution in [2.24, 2.45) is 0 Å². The summed E-state index contributed by atoms with van der Waals surface area (Å²) in [7, 11) is 0. The van der Waals surface area contributed by atoms with Gasteiger partial charge in [-0.3, -0.25) is 4.79 Å². The Balaban J connectivity index is 2.16. The zero-order chi connectivity index (χ0) is 14.3. The molecule has 0 N–H and O–H groups in total. The molecule has 100 valence electrons. The first kappa shape index (κ1) is 13.4. The van der Waals surface area contributed by atoms with E-state index in [4.69, 9.17) is 0 Å². The van der Waals surface area contributed by atoms with E-state index in [1.54, 1.807) is 11.4 Å². The Bertz CT molecular complexity index is 826. The van der Waals surface area contributed by atoms with Crippen molar-refractivity contribution in [3.63, 3.8) is 0 Å². The number of benzene rings is 2. The molecule has 3 aromatic rings. The third kappa shape index (κ3) is 2.17. The highest BCUT2D eigenvalue weighted by molar-refractivity contribution is 9.10. The molecule has 0 fully saturated rings. The largest absolute Gasteiger partial charge is 0.288 e. The number of halogens is 3. The second-order valence-electron chi connectivity index (χ2n) is 4.22. The summed E-state index contributed by atoms with van der Waals surface area (Å²) in [5.41, 5.74) is 0.139. The predicted octanol–water partition coefficient (Wildman–Crippen LogP) is 5.17. The molecule has 2 aromatic carbocycles. The molecule has 20 heavy (non-hydrogen) atoms. The second-order valence-corrected chi connectivity index (χ2v) is 5.99. The zero-order valence-electron chi connectivity index (χ0n) is 9.99. The quantitative estimate of drug-likeness (QED) is 0.459. The van der Waals surface area contributed by atoms with Crippen LogP contribution in [-0.2, 0) is 0 Å². The third-order valence-corrected chi connectivity index (χ3v) is 4.55. The Morgan fingerprint density at radius 2 is 1.80 bits per heavy atom. The van der Waals surface area contributed by atoms with Gasteiger partial charge in [-0.1, -0.05) is 18.2 Å². The van der Waals surface area contributed by atoms with E-state index >= 15 is 0 Å². The van der Waals surface area contributed by atoms with Crippen LogP contribution in [0.2, 0.25) is 0 Å². The molecule has 0 saturated heterocycles. The van der Waals surface area contributed by atoms with Crippen LogP contribution in [0.1, 0.15) is 15.9 Å². The average molecular weight is 353 g/mol. The Morgan fingerprint density at radius 3 is 2.60 bits per heavy atom. The van der Waals surface area contributed by atoms with Crippen LogP contribution in [0.25, 0.3) is 10.1 Å².